The van der Waals surface area contributed by atoms with Crippen LogP contribution in [0.1, 0.15) is 29.8 Å². The van der Waals surface area contributed by atoms with Crippen LogP contribution in [0, 0.1) is 0 Å². The topological polar surface area (TPSA) is 60.3 Å². The molecule has 0 saturated carbocycles. The maximum Gasteiger partial charge on any atom is 0.244 e. The largest absolute Gasteiger partial charge is 0.492 e. The molecule has 0 spiro atoms. The highest BCUT2D eigenvalue weighted by atomic mass is 16.5. The van der Waals surface area contributed by atoms with E-state index in [9.17, 15) is 9.59 Å². The lowest BCUT2D eigenvalue weighted by Gasteiger charge is -2.12. The van der Waals surface area contributed by atoms with E-state index in [0.717, 1.165) is 29.2 Å². The molecule has 5 nitrogen and oxygen atoms in total. The van der Waals surface area contributed by atoms with Gasteiger partial charge in [-0.1, -0.05) is 37.3 Å². The van der Waals surface area contributed by atoms with E-state index in [1.165, 1.54) is 0 Å². The molecule has 3 rings (SSSR count). The molecule has 0 aliphatic carbocycles. The maximum atomic E-state index is 12.6. The molecule has 0 saturated heterocycles. The summed E-state index contributed by atoms with van der Waals surface area (Å²) in [5.41, 5.74) is 3.28. The van der Waals surface area contributed by atoms with Crippen molar-refractivity contribution in [3.8, 4) is 5.75 Å². The molecule has 5 heteroatoms. The van der Waals surface area contributed by atoms with Gasteiger partial charge in [0.05, 0.1) is 17.8 Å². The maximum absolute atomic E-state index is 12.6. The first-order valence-corrected chi connectivity index (χ1v) is 8.75. The molecule has 26 heavy (non-hydrogen) atoms. The molecule has 0 aliphatic heterocycles. The Balaban J connectivity index is 1.89. The number of carbonyl (C=O) groups is 2. The molecule has 1 N–H and O–H groups in total. The van der Waals surface area contributed by atoms with Crippen LogP contribution in [0.3, 0.4) is 0 Å². The van der Waals surface area contributed by atoms with Gasteiger partial charge < -0.3 is 14.6 Å². The molecule has 134 valence electrons. The number of anilines is 1. The molecule has 0 unspecified atom stereocenters. The SMILES string of the molecule is CCOc1ccccc1NC(=O)Cn1cc(C=O)c2cccc(CC)c21. The number of carbonyl (C=O) groups excluding carboxylic acids is 2. The van der Waals surface area contributed by atoms with Crippen LogP contribution in [-0.4, -0.2) is 23.4 Å². The lowest BCUT2D eigenvalue weighted by atomic mass is 10.1. The van der Waals surface area contributed by atoms with Crippen molar-refractivity contribution in [1.29, 1.82) is 0 Å². The zero-order chi connectivity index (χ0) is 18.5. The number of para-hydroxylation sites is 3. The van der Waals surface area contributed by atoms with Crippen molar-refractivity contribution in [3.63, 3.8) is 0 Å². The van der Waals surface area contributed by atoms with Gasteiger partial charge in [-0.05, 0) is 31.0 Å². The Kier molecular flexibility index (Phi) is 5.37. The second kappa shape index (κ2) is 7.87. The van der Waals surface area contributed by atoms with E-state index in [0.29, 0.717) is 23.6 Å². The number of amides is 1. The normalized spacial score (nSPS) is 10.7. The lowest BCUT2D eigenvalue weighted by Crippen LogP contribution is -2.19. The highest BCUT2D eigenvalue weighted by molar-refractivity contribution is 6.00. The zero-order valence-corrected chi connectivity index (χ0v) is 15.0. The molecule has 0 aliphatic rings. The van der Waals surface area contributed by atoms with Gasteiger partial charge >= 0.3 is 0 Å². The summed E-state index contributed by atoms with van der Waals surface area (Å²) in [6, 6.07) is 13.2. The van der Waals surface area contributed by atoms with Gasteiger partial charge in [-0.2, -0.15) is 0 Å². The van der Waals surface area contributed by atoms with Crippen LogP contribution in [-0.2, 0) is 17.8 Å². The third-order valence-electron chi connectivity index (χ3n) is 4.30. The average molecular weight is 350 g/mol. The molecular formula is C21H22N2O3. The fraction of sp³-hybridized carbons (Fsp3) is 0.238. The summed E-state index contributed by atoms with van der Waals surface area (Å²) < 4.78 is 7.39. The number of aldehydes is 1. The first-order valence-electron chi connectivity index (χ1n) is 8.75. The number of ether oxygens (including phenoxy) is 1. The predicted octanol–water partition coefficient (Wildman–Crippen LogP) is 4.05. The first-order chi connectivity index (χ1) is 12.7. The molecule has 0 atom stereocenters. The van der Waals surface area contributed by atoms with Gasteiger partial charge in [0.2, 0.25) is 5.91 Å². The van der Waals surface area contributed by atoms with Crippen LogP contribution in [0.25, 0.3) is 10.9 Å². The van der Waals surface area contributed by atoms with Crippen molar-refractivity contribution in [3.05, 3.63) is 59.8 Å². The van der Waals surface area contributed by atoms with E-state index in [4.69, 9.17) is 4.74 Å². The molecule has 0 fully saturated rings. The Morgan fingerprint density at radius 3 is 2.69 bits per heavy atom. The van der Waals surface area contributed by atoms with E-state index in [1.54, 1.807) is 6.20 Å². The van der Waals surface area contributed by atoms with E-state index >= 15 is 0 Å². The number of nitrogens with one attached hydrogen (secondary N) is 1. The second-order valence-electron chi connectivity index (χ2n) is 5.97. The number of aryl methyl sites for hydroxylation is 1. The fourth-order valence-electron chi connectivity index (χ4n) is 3.17. The van der Waals surface area contributed by atoms with Crippen LogP contribution in [0.4, 0.5) is 5.69 Å². The summed E-state index contributed by atoms with van der Waals surface area (Å²) in [6.45, 7) is 4.61. The van der Waals surface area contributed by atoms with Crippen LogP contribution in [0.2, 0.25) is 0 Å². The smallest absolute Gasteiger partial charge is 0.244 e. The van der Waals surface area contributed by atoms with Crippen molar-refractivity contribution in [2.45, 2.75) is 26.8 Å². The van der Waals surface area contributed by atoms with Crippen LogP contribution in [0.5, 0.6) is 5.75 Å². The number of aromatic nitrogens is 1. The van der Waals surface area contributed by atoms with E-state index in [2.05, 4.69) is 12.2 Å². The third kappa shape index (κ3) is 3.47. The minimum atomic E-state index is -0.169. The Hall–Kier alpha value is -3.08. The van der Waals surface area contributed by atoms with Crippen molar-refractivity contribution in [2.75, 3.05) is 11.9 Å². The molecule has 0 bridgehead atoms. The summed E-state index contributed by atoms with van der Waals surface area (Å²) in [4.78, 5) is 24.0. The number of rotatable bonds is 7. The molecule has 1 aromatic heterocycles. The molecule has 3 aromatic rings. The first kappa shape index (κ1) is 17.7. The highest BCUT2D eigenvalue weighted by Crippen LogP contribution is 2.26. The van der Waals surface area contributed by atoms with E-state index < -0.39 is 0 Å². The summed E-state index contributed by atoms with van der Waals surface area (Å²) in [5.74, 6) is 0.473. The van der Waals surface area contributed by atoms with Crippen LogP contribution in [0.15, 0.2) is 48.7 Å². The minimum Gasteiger partial charge on any atom is -0.492 e. The van der Waals surface area contributed by atoms with Gasteiger partial charge in [0.15, 0.2) is 6.29 Å². The summed E-state index contributed by atoms with van der Waals surface area (Å²) in [6.07, 6.45) is 3.40. The van der Waals surface area contributed by atoms with Crippen molar-refractivity contribution >= 4 is 28.8 Å². The van der Waals surface area contributed by atoms with Gasteiger partial charge in [-0.3, -0.25) is 9.59 Å². The van der Waals surface area contributed by atoms with Gasteiger partial charge in [-0.25, -0.2) is 0 Å². The number of fused-ring (bicyclic) bond motifs is 1. The Labute approximate surface area is 152 Å². The highest BCUT2D eigenvalue weighted by Gasteiger charge is 2.14. The van der Waals surface area contributed by atoms with E-state index in [1.807, 2.05) is 54.0 Å². The van der Waals surface area contributed by atoms with Crippen molar-refractivity contribution in [2.24, 2.45) is 0 Å². The molecule has 0 radical (unpaired) electrons. The number of nitrogens with zero attached hydrogens (tertiary/aromatic N) is 1. The molecular weight excluding hydrogens is 328 g/mol. The Morgan fingerprint density at radius 1 is 1.15 bits per heavy atom. The van der Waals surface area contributed by atoms with Gasteiger partial charge in [-0.15, -0.1) is 0 Å². The fourth-order valence-corrected chi connectivity index (χ4v) is 3.17. The third-order valence-corrected chi connectivity index (χ3v) is 4.30. The molecule has 1 heterocycles. The number of hydrogen-bond donors (Lipinski definition) is 1. The zero-order valence-electron chi connectivity index (χ0n) is 15.0. The Morgan fingerprint density at radius 2 is 1.96 bits per heavy atom. The van der Waals surface area contributed by atoms with Crippen molar-refractivity contribution in [1.82, 2.24) is 4.57 Å². The monoisotopic (exact) mass is 350 g/mol. The summed E-state index contributed by atoms with van der Waals surface area (Å²) in [5, 5.41) is 3.78. The van der Waals surface area contributed by atoms with Gasteiger partial charge in [0, 0.05) is 17.1 Å². The molecule has 1 amide bonds. The van der Waals surface area contributed by atoms with E-state index in [-0.39, 0.29) is 12.5 Å². The van der Waals surface area contributed by atoms with Gasteiger partial charge in [0.25, 0.3) is 0 Å². The number of hydrogen-bond acceptors (Lipinski definition) is 3. The minimum absolute atomic E-state index is 0.127. The van der Waals surface area contributed by atoms with Crippen LogP contribution < -0.4 is 10.1 Å². The second-order valence-corrected chi connectivity index (χ2v) is 5.97. The predicted molar refractivity (Wildman–Crippen MR) is 103 cm³/mol. The van der Waals surface area contributed by atoms with Crippen LogP contribution >= 0.6 is 0 Å². The average Bonchev–Trinajstić information content (AvgIpc) is 3.01. The Bertz CT molecular complexity index is 944. The summed E-state index contributed by atoms with van der Waals surface area (Å²) in [7, 11) is 0. The van der Waals surface area contributed by atoms with Crippen molar-refractivity contribution < 1.29 is 14.3 Å². The van der Waals surface area contributed by atoms with Gasteiger partial charge in [0.1, 0.15) is 12.3 Å². The lowest BCUT2D eigenvalue weighted by molar-refractivity contribution is -0.116. The quantitative estimate of drug-likeness (QED) is 0.654. The summed E-state index contributed by atoms with van der Waals surface area (Å²) >= 11 is 0. The molecule has 2 aromatic carbocycles. The number of benzene rings is 2. The standard InChI is InChI=1S/C21H22N2O3/c1-3-15-8-7-9-17-16(14-24)12-23(21(15)17)13-20(25)22-18-10-5-6-11-19(18)26-4-2/h5-12,14H,3-4,13H2,1-2H3,(H,22,25).